The number of esters is 1. The Kier molecular flexibility index (Phi) is 18.3. The Hall–Kier alpha value is 0.170. The van der Waals surface area contributed by atoms with Gasteiger partial charge in [-0.25, -0.2) is 0 Å². The van der Waals surface area contributed by atoms with Crippen molar-refractivity contribution in [1.82, 2.24) is 0 Å². The summed E-state index contributed by atoms with van der Waals surface area (Å²) in [6.07, 6.45) is 14.3. The maximum atomic E-state index is 11.0. The molecule has 0 bridgehead atoms. The second kappa shape index (κ2) is 16.2. The molecule has 2 N–H and O–H groups in total. The molecule has 1 atom stereocenters. The second-order valence-electron chi connectivity index (χ2n) is 4.80. The molecule has 0 saturated carbocycles. The summed E-state index contributed by atoms with van der Waals surface area (Å²) in [7, 11) is 0. The Morgan fingerprint density at radius 2 is 1.68 bits per heavy atom. The number of hydrogen-bond donors (Lipinski definition) is 1. The van der Waals surface area contributed by atoms with Crippen molar-refractivity contribution in [3.05, 3.63) is 12.2 Å². The minimum atomic E-state index is -0.526. The van der Waals surface area contributed by atoms with Crippen LogP contribution in [0.4, 0.5) is 0 Å². The molecule has 4 heteroatoms. The standard InChI is InChI=1S/C15H29NO2.Na/c1-3-4-5-6-7-8-9-10-11-12-13-18-15(17)14(2)16;/h11-12,14H,3-10,13,16H2,1-2H3;. The van der Waals surface area contributed by atoms with Gasteiger partial charge in [0.2, 0.25) is 0 Å². The van der Waals surface area contributed by atoms with Gasteiger partial charge in [0, 0.05) is 29.6 Å². The van der Waals surface area contributed by atoms with Crippen molar-refractivity contribution >= 4 is 35.5 Å². The van der Waals surface area contributed by atoms with Crippen molar-refractivity contribution in [2.75, 3.05) is 6.61 Å². The molecule has 0 amide bonds. The molecule has 0 saturated heterocycles. The van der Waals surface area contributed by atoms with Gasteiger partial charge in [0.15, 0.2) is 0 Å². The monoisotopic (exact) mass is 278 g/mol. The van der Waals surface area contributed by atoms with E-state index in [0.717, 1.165) is 6.42 Å². The van der Waals surface area contributed by atoms with Crippen LogP contribution in [0.1, 0.15) is 65.2 Å². The molecule has 0 fully saturated rings. The summed E-state index contributed by atoms with van der Waals surface area (Å²) in [4.78, 5) is 11.0. The Morgan fingerprint density at radius 1 is 1.11 bits per heavy atom. The third-order valence-corrected chi connectivity index (χ3v) is 2.83. The summed E-state index contributed by atoms with van der Waals surface area (Å²) in [5, 5.41) is 0. The zero-order chi connectivity index (χ0) is 13.6. The number of carbonyl (C=O) groups is 1. The normalized spacial score (nSPS) is 12.2. The van der Waals surface area contributed by atoms with E-state index in [2.05, 4.69) is 13.0 Å². The molecule has 1 radical (unpaired) electrons. The predicted octanol–water partition coefficient (Wildman–Crippen LogP) is 3.19. The van der Waals surface area contributed by atoms with E-state index in [1.807, 2.05) is 6.08 Å². The van der Waals surface area contributed by atoms with E-state index in [1.165, 1.54) is 44.9 Å². The van der Waals surface area contributed by atoms with E-state index in [4.69, 9.17) is 10.5 Å². The van der Waals surface area contributed by atoms with Gasteiger partial charge >= 0.3 is 5.97 Å². The third-order valence-electron chi connectivity index (χ3n) is 2.83. The molecule has 0 spiro atoms. The topological polar surface area (TPSA) is 52.3 Å². The SMILES string of the molecule is CCCCCCCCCC=CCOC(=O)C(C)N.[Na]. The molecule has 0 aliphatic carbocycles. The first kappa shape index (κ1) is 21.5. The number of unbranched alkanes of at least 4 members (excludes halogenated alkanes) is 7. The Bertz CT molecular complexity index is 230. The maximum Gasteiger partial charge on any atom is 0.322 e. The molecule has 107 valence electrons. The molecule has 3 nitrogen and oxygen atoms in total. The van der Waals surface area contributed by atoms with Gasteiger partial charge in [0.1, 0.15) is 12.6 Å². The predicted molar refractivity (Wildman–Crippen MR) is 82.1 cm³/mol. The number of allylic oxidation sites excluding steroid dienone is 1. The Morgan fingerprint density at radius 3 is 2.26 bits per heavy atom. The van der Waals surface area contributed by atoms with Crippen LogP contribution in [-0.2, 0) is 9.53 Å². The summed E-state index contributed by atoms with van der Waals surface area (Å²) in [6, 6.07) is -0.526. The van der Waals surface area contributed by atoms with Gasteiger partial charge in [-0.3, -0.25) is 4.79 Å². The van der Waals surface area contributed by atoms with E-state index in [1.54, 1.807) is 6.92 Å². The summed E-state index contributed by atoms with van der Waals surface area (Å²) < 4.78 is 4.92. The molecular formula is C15H29NNaO2. The molecular weight excluding hydrogens is 249 g/mol. The fourth-order valence-corrected chi connectivity index (χ4v) is 1.67. The van der Waals surface area contributed by atoms with Crippen LogP contribution in [-0.4, -0.2) is 48.2 Å². The first-order valence-corrected chi connectivity index (χ1v) is 7.25. The van der Waals surface area contributed by atoms with Crippen LogP contribution in [0.3, 0.4) is 0 Å². The molecule has 0 heterocycles. The fraction of sp³-hybridized carbons (Fsp3) is 0.800. The summed E-state index contributed by atoms with van der Waals surface area (Å²) in [5.41, 5.74) is 5.37. The molecule has 19 heavy (non-hydrogen) atoms. The van der Waals surface area contributed by atoms with Crippen LogP contribution in [0.15, 0.2) is 12.2 Å². The zero-order valence-corrected chi connectivity index (χ0v) is 15.0. The Labute approximate surface area is 140 Å². The van der Waals surface area contributed by atoms with Crippen LogP contribution >= 0.6 is 0 Å². The van der Waals surface area contributed by atoms with Crippen molar-refractivity contribution in [3.63, 3.8) is 0 Å². The van der Waals surface area contributed by atoms with Crippen LogP contribution in [0.2, 0.25) is 0 Å². The van der Waals surface area contributed by atoms with Crippen molar-refractivity contribution in [1.29, 1.82) is 0 Å². The van der Waals surface area contributed by atoms with Gasteiger partial charge < -0.3 is 10.5 Å². The van der Waals surface area contributed by atoms with Gasteiger partial charge in [0.25, 0.3) is 0 Å². The van der Waals surface area contributed by atoms with E-state index in [9.17, 15) is 4.79 Å². The van der Waals surface area contributed by atoms with Gasteiger partial charge in [-0.1, -0.05) is 57.6 Å². The van der Waals surface area contributed by atoms with Crippen molar-refractivity contribution in [2.45, 2.75) is 71.3 Å². The molecule has 1 unspecified atom stereocenters. The zero-order valence-electron chi connectivity index (χ0n) is 13.0. The average Bonchev–Trinajstić information content (AvgIpc) is 2.35. The van der Waals surface area contributed by atoms with E-state index in [-0.39, 0.29) is 35.5 Å². The molecule has 0 aromatic carbocycles. The third kappa shape index (κ3) is 16.1. The van der Waals surface area contributed by atoms with Gasteiger partial charge in [-0.15, -0.1) is 0 Å². The fourth-order valence-electron chi connectivity index (χ4n) is 1.67. The quantitative estimate of drug-likeness (QED) is 0.273. The average molecular weight is 278 g/mol. The van der Waals surface area contributed by atoms with Gasteiger partial charge in [0.05, 0.1) is 0 Å². The smallest absolute Gasteiger partial charge is 0.322 e. The van der Waals surface area contributed by atoms with E-state index >= 15 is 0 Å². The van der Waals surface area contributed by atoms with Crippen LogP contribution in [0, 0.1) is 0 Å². The van der Waals surface area contributed by atoms with Crippen molar-refractivity contribution in [3.8, 4) is 0 Å². The molecule has 0 aromatic heterocycles. The summed E-state index contributed by atoms with van der Waals surface area (Å²) in [6.45, 7) is 4.21. The number of nitrogens with two attached hydrogens (primary N) is 1. The van der Waals surface area contributed by atoms with E-state index < -0.39 is 6.04 Å². The first-order valence-electron chi connectivity index (χ1n) is 7.25. The summed E-state index contributed by atoms with van der Waals surface area (Å²) >= 11 is 0. The maximum absolute atomic E-state index is 11.0. The number of rotatable bonds is 11. The second-order valence-corrected chi connectivity index (χ2v) is 4.80. The Balaban J connectivity index is 0. The minimum Gasteiger partial charge on any atom is -0.460 e. The van der Waals surface area contributed by atoms with Crippen LogP contribution in [0.5, 0.6) is 0 Å². The molecule has 0 aliphatic rings. The van der Waals surface area contributed by atoms with Crippen LogP contribution < -0.4 is 5.73 Å². The van der Waals surface area contributed by atoms with Crippen LogP contribution in [0.25, 0.3) is 0 Å². The number of carbonyl (C=O) groups excluding carboxylic acids is 1. The largest absolute Gasteiger partial charge is 0.460 e. The van der Waals surface area contributed by atoms with Gasteiger partial charge in [-0.2, -0.15) is 0 Å². The summed E-state index contributed by atoms with van der Waals surface area (Å²) in [5.74, 6) is -0.337. The molecule has 0 rings (SSSR count). The minimum absolute atomic E-state index is 0. The molecule has 0 aliphatic heterocycles. The van der Waals surface area contributed by atoms with E-state index in [0.29, 0.717) is 6.61 Å². The first-order chi connectivity index (χ1) is 8.68. The number of hydrogen-bond acceptors (Lipinski definition) is 3. The van der Waals surface area contributed by atoms with Gasteiger partial charge in [-0.05, 0) is 19.8 Å². The van der Waals surface area contributed by atoms with Crippen molar-refractivity contribution < 1.29 is 9.53 Å². The number of ether oxygens (including phenoxy) is 1. The van der Waals surface area contributed by atoms with Crippen molar-refractivity contribution in [2.24, 2.45) is 5.73 Å². The molecule has 0 aromatic rings.